The van der Waals surface area contributed by atoms with E-state index in [1.807, 2.05) is 0 Å². The first-order valence-electron chi connectivity index (χ1n) is 18.4. The Morgan fingerprint density at radius 2 is 1.05 bits per heavy atom. The Kier molecular flexibility index (Phi) is 18.0. The quantitative estimate of drug-likeness (QED) is 0.0408. The maximum atomic E-state index is 12.9. The van der Waals surface area contributed by atoms with Crippen molar-refractivity contribution in [1.82, 2.24) is 0 Å². The van der Waals surface area contributed by atoms with E-state index in [0.29, 0.717) is 0 Å². The molecule has 7 N–H and O–H groups in total. The number of hydrogen-bond donors (Lipinski definition) is 7. The molecule has 0 aromatic heterocycles. The Hall–Kier alpha value is -3.10. The van der Waals surface area contributed by atoms with Gasteiger partial charge in [-0.15, -0.1) is 13.2 Å². The van der Waals surface area contributed by atoms with Crippen molar-refractivity contribution in [2.45, 2.75) is 99.4 Å². The predicted octanol–water partition coefficient (Wildman–Crippen LogP) is -2.32. The van der Waals surface area contributed by atoms with Crippen LogP contribution in [0, 0.1) is 23.7 Å². The summed E-state index contributed by atoms with van der Waals surface area (Å²) in [5.41, 5.74) is 0.158. The highest BCUT2D eigenvalue weighted by Crippen LogP contribution is 2.40. The van der Waals surface area contributed by atoms with Gasteiger partial charge in [0.15, 0.2) is 25.2 Å². The molecule has 21 heteroatoms. The summed E-state index contributed by atoms with van der Waals surface area (Å²) in [6, 6.07) is 0. The van der Waals surface area contributed by atoms with Crippen molar-refractivity contribution in [2.24, 2.45) is 23.7 Å². The van der Waals surface area contributed by atoms with Gasteiger partial charge in [0.1, 0.15) is 48.8 Å². The lowest BCUT2D eigenvalue weighted by Crippen LogP contribution is -2.60. The Labute approximate surface area is 334 Å². The van der Waals surface area contributed by atoms with Gasteiger partial charge in [-0.05, 0) is 0 Å². The molecule has 2 fully saturated rings. The highest BCUT2D eigenvalue weighted by molar-refractivity contribution is 5.89. The van der Waals surface area contributed by atoms with Crippen LogP contribution in [0.2, 0.25) is 0 Å². The fraction of sp³-hybridized carbons (Fsp3) is 0.730. The van der Waals surface area contributed by atoms with Crippen molar-refractivity contribution >= 4 is 11.9 Å². The Morgan fingerprint density at radius 3 is 1.45 bits per heavy atom. The van der Waals surface area contributed by atoms with Crippen molar-refractivity contribution < 1.29 is 102 Å². The van der Waals surface area contributed by atoms with E-state index < -0.39 is 135 Å². The largest absolute Gasteiger partial charge is 0.471 e. The van der Waals surface area contributed by atoms with E-state index in [9.17, 15) is 45.3 Å². The predicted molar refractivity (Wildman–Crippen MR) is 191 cm³/mol. The van der Waals surface area contributed by atoms with Crippen LogP contribution in [0.5, 0.6) is 0 Å². The summed E-state index contributed by atoms with van der Waals surface area (Å²) in [5.74, 6) is -4.65. The van der Waals surface area contributed by atoms with E-state index in [1.165, 1.54) is 40.6 Å². The number of ether oxygens (including phenoxy) is 12. The summed E-state index contributed by atoms with van der Waals surface area (Å²) in [6.07, 6.45) is -15.5. The third-order valence-electron chi connectivity index (χ3n) is 10.6. The molecule has 0 amide bonds. The van der Waals surface area contributed by atoms with Crippen molar-refractivity contribution in [2.75, 3.05) is 48.8 Å². The molecule has 0 bridgehead atoms. The van der Waals surface area contributed by atoms with Gasteiger partial charge in [-0.2, -0.15) is 0 Å². The number of aliphatic hydroxyl groups excluding tert-OH is 7. The maximum absolute atomic E-state index is 12.9. The number of hydrogen-bond acceptors (Lipinski definition) is 21. The van der Waals surface area contributed by atoms with E-state index in [-0.39, 0.29) is 24.0 Å². The fourth-order valence-corrected chi connectivity index (χ4v) is 7.18. The second-order valence-corrected chi connectivity index (χ2v) is 13.8. The molecule has 4 aliphatic heterocycles. The van der Waals surface area contributed by atoms with Gasteiger partial charge in [-0.3, -0.25) is 0 Å². The SMILES string of the molecule is C=CC1C(OC2OC(COC(CC3C(C(=O)OC)=COC(OC4OC(CO)C(O)C(O)C4O)C3C=C)OC)C(O)C(O)C2O)OC=C(C(=O)OC)C1CC(OC)OC. The molecule has 58 heavy (non-hydrogen) atoms. The third kappa shape index (κ3) is 10.6. The van der Waals surface area contributed by atoms with E-state index in [4.69, 9.17) is 56.8 Å². The molecule has 2 saturated heterocycles. The average molecular weight is 837 g/mol. The highest BCUT2D eigenvalue weighted by atomic mass is 16.8. The highest BCUT2D eigenvalue weighted by Gasteiger charge is 2.50. The normalized spacial score (nSPS) is 38.4. The number of rotatable bonds is 19. The van der Waals surface area contributed by atoms with Crippen LogP contribution in [-0.2, 0) is 66.4 Å². The van der Waals surface area contributed by atoms with Gasteiger partial charge in [-0.25, -0.2) is 9.59 Å². The van der Waals surface area contributed by atoms with Gasteiger partial charge >= 0.3 is 11.9 Å². The lowest BCUT2D eigenvalue weighted by atomic mass is 9.81. The summed E-state index contributed by atoms with van der Waals surface area (Å²) in [6.45, 7) is 6.54. The van der Waals surface area contributed by atoms with Gasteiger partial charge in [0.05, 0.1) is 51.1 Å². The zero-order valence-corrected chi connectivity index (χ0v) is 32.8. The number of carbonyl (C=O) groups excluding carboxylic acids is 2. The number of esters is 2. The number of carbonyl (C=O) groups is 2. The molecule has 4 heterocycles. The van der Waals surface area contributed by atoms with Crippen LogP contribution in [0.1, 0.15) is 12.8 Å². The lowest BCUT2D eigenvalue weighted by Gasteiger charge is -2.44. The first-order chi connectivity index (χ1) is 27.7. The summed E-state index contributed by atoms with van der Waals surface area (Å²) < 4.78 is 66.8. The first-order valence-corrected chi connectivity index (χ1v) is 18.4. The van der Waals surface area contributed by atoms with Gasteiger partial charge in [0, 0.05) is 57.8 Å². The van der Waals surface area contributed by atoms with Crippen molar-refractivity contribution in [3.8, 4) is 0 Å². The molecular formula is C37H56O21. The van der Waals surface area contributed by atoms with Crippen LogP contribution >= 0.6 is 0 Å². The summed E-state index contributed by atoms with van der Waals surface area (Å²) in [5, 5.41) is 73.3. The third-order valence-corrected chi connectivity index (χ3v) is 10.6. The van der Waals surface area contributed by atoms with Crippen LogP contribution in [0.3, 0.4) is 0 Å². The van der Waals surface area contributed by atoms with E-state index in [2.05, 4.69) is 13.2 Å². The molecule has 4 aliphatic rings. The zero-order chi connectivity index (χ0) is 42.8. The molecule has 330 valence electrons. The zero-order valence-electron chi connectivity index (χ0n) is 32.8. The molecule has 17 atom stereocenters. The second kappa shape index (κ2) is 21.9. The minimum atomic E-state index is -1.79. The van der Waals surface area contributed by atoms with Crippen LogP contribution in [0.4, 0.5) is 0 Å². The standard InChI is InChI=1S/C37H56O21/c1-8-16-18(10-24(47-3)48-4)20(32(45)50-6)13-53-34(16)58-37-31(44)29(42)27(40)23(56-37)15-52-25(49-5)11-19-17(9-2)35(54-14-21(19)33(46)51-7)57-36-30(43)28(41)26(39)22(12-38)55-36/h8-9,13-14,16-19,22-31,34-44H,1-2,10-12,15H2,3-7H3. The molecule has 0 spiro atoms. The van der Waals surface area contributed by atoms with Crippen LogP contribution in [0.25, 0.3) is 0 Å². The monoisotopic (exact) mass is 836 g/mol. The molecule has 0 aromatic carbocycles. The Bertz CT molecular complexity index is 1420. The fourth-order valence-electron chi connectivity index (χ4n) is 7.18. The van der Waals surface area contributed by atoms with Crippen molar-refractivity contribution in [1.29, 1.82) is 0 Å². The smallest absolute Gasteiger partial charge is 0.337 e. The lowest BCUT2D eigenvalue weighted by molar-refractivity contribution is -0.344. The van der Waals surface area contributed by atoms with E-state index >= 15 is 0 Å². The first kappa shape index (κ1) is 47.6. The molecule has 4 rings (SSSR count). The van der Waals surface area contributed by atoms with Crippen LogP contribution in [-0.4, -0.2) is 183 Å². The number of aliphatic hydroxyl groups is 7. The molecular weight excluding hydrogens is 780 g/mol. The molecule has 0 aliphatic carbocycles. The summed E-state index contributed by atoms with van der Waals surface area (Å²) in [4.78, 5) is 25.5. The molecule has 21 nitrogen and oxygen atoms in total. The number of methoxy groups -OCH3 is 5. The van der Waals surface area contributed by atoms with E-state index in [1.54, 1.807) is 0 Å². The van der Waals surface area contributed by atoms with Gasteiger partial charge in [0.2, 0.25) is 12.6 Å². The van der Waals surface area contributed by atoms with Crippen LogP contribution in [0.15, 0.2) is 49.0 Å². The Morgan fingerprint density at radius 1 is 0.638 bits per heavy atom. The molecule has 17 unspecified atom stereocenters. The topological polar surface area (TPSA) is 287 Å². The van der Waals surface area contributed by atoms with Gasteiger partial charge < -0.3 is 92.6 Å². The molecule has 0 radical (unpaired) electrons. The summed E-state index contributed by atoms with van der Waals surface area (Å²) >= 11 is 0. The van der Waals surface area contributed by atoms with Crippen molar-refractivity contribution in [3.05, 3.63) is 49.0 Å². The van der Waals surface area contributed by atoms with Crippen LogP contribution < -0.4 is 0 Å². The maximum Gasteiger partial charge on any atom is 0.337 e. The minimum absolute atomic E-state index is 0.0157. The van der Waals surface area contributed by atoms with Gasteiger partial charge in [-0.1, -0.05) is 12.2 Å². The summed E-state index contributed by atoms with van der Waals surface area (Å²) in [7, 11) is 6.52. The van der Waals surface area contributed by atoms with Crippen molar-refractivity contribution in [3.63, 3.8) is 0 Å². The minimum Gasteiger partial charge on any atom is -0.471 e. The Balaban J connectivity index is 1.49. The second-order valence-electron chi connectivity index (χ2n) is 13.8. The van der Waals surface area contributed by atoms with Gasteiger partial charge in [0.25, 0.3) is 0 Å². The molecule has 0 aromatic rings. The van der Waals surface area contributed by atoms with E-state index in [0.717, 1.165) is 19.6 Å². The average Bonchev–Trinajstić information content (AvgIpc) is 3.24. The molecule has 0 saturated carbocycles.